The summed E-state index contributed by atoms with van der Waals surface area (Å²) in [7, 11) is 0. The Hall–Kier alpha value is -1.62. The molecule has 1 aromatic carbocycles. The normalized spacial score (nSPS) is 12.4. The van der Waals surface area contributed by atoms with Crippen molar-refractivity contribution in [2.75, 3.05) is 24.1 Å². The summed E-state index contributed by atoms with van der Waals surface area (Å²) < 4.78 is 13.0. The highest BCUT2D eigenvalue weighted by Gasteiger charge is 2.20. The molecule has 0 bridgehead atoms. The van der Waals surface area contributed by atoms with E-state index in [0.29, 0.717) is 5.69 Å². The van der Waals surface area contributed by atoms with Crippen molar-refractivity contribution in [1.29, 1.82) is 0 Å². The van der Waals surface area contributed by atoms with Gasteiger partial charge in [-0.1, -0.05) is 13.8 Å². The molecule has 0 heterocycles. The summed E-state index contributed by atoms with van der Waals surface area (Å²) in [4.78, 5) is 14.4. The highest BCUT2D eigenvalue weighted by atomic mass is 19.1. The van der Waals surface area contributed by atoms with Gasteiger partial charge >= 0.3 is 0 Å². The predicted octanol–water partition coefficient (Wildman–Crippen LogP) is 2.86. The van der Waals surface area contributed by atoms with E-state index in [-0.39, 0.29) is 17.6 Å². The average molecular weight is 281 g/mol. The van der Waals surface area contributed by atoms with Crippen LogP contribution in [-0.2, 0) is 4.79 Å². The maximum atomic E-state index is 13.0. The van der Waals surface area contributed by atoms with Crippen LogP contribution in [0, 0.1) is 5.82 Å². The van der Waals surface area contributed by atoms with Gasteiger partial charge in [0.1, 0.15) is 5.82 Å². The van der Waals surface area contributed by atoms with E-state index in [4.69, 9.17) is 5.73 Å². The Bertz CT molecular complexity index is 445. The lowest BCUT2D eigenvalue weighted by Gasteiger charge is -2.27. The fourth-order valence-electron chi connectivity index (χ4n) is 2.12. The fraction of sp³-hybridized carbons (Fsp3) is 0.533. The summed E-state index contributed by atoms with van der Waals surface area (Å²) >= 11 is 0. The Kier molecular flexibility index (Phi) is 6.45. The molecule has 0 saturated carbocycles. The first-order valence-electron chi connectivity index (χ1n) is 7.09. The maximum Gasteiger partial charge on any atom is 0.241 e. The van der Waals surface area contributed by atoms with E-state index < -0.39 is 5.82 Å². The lowest BCUT2D eigenvalue weighted by Crippen LogP contribution is -2.42. The SMILES string of the molecule is CCCN(CCC)C(C)C(=O)Nc1ccc(F)cc1N. The molecule has 0 aliphatic heterocycles. The van der Waals surface area contributed by atoms with Crippen LogP contribution in [0.3, 0.4) is 0 Å². The topological polar surface area (TPSA) is 58.4 Å². The number of carbonyl (C=O) groups excluding carboxylic acids is 1. The number of halogens is 1. The molecule has 0 fully saturated rings. The summed E-state index contributed by atoms with van der Waals surface area (Å²) in [6, 6.07) is 3.74. The van der Waals surface area contributed by atoms with E-state index in [2.05, 4.69) is 24.1 Å². The van der Waals surface area contributed by atoms with E-state index in [0.717, 1.165) is 25.9 Å². The Balaban J connectivity index is 2.73. The third-order valence-electron chi connectivity index (χ3n) is 3.22. The van der Waals surface area contributed by atoms with Crippen LogP contribution in [0.25, 0.3) is 0 Å². The van der Waals surface area contributed by atoms with Crippen molar-refractivity contribution in [2.24, 2.45) is 0 Å². The van der Waals surface area contributed by atoms with Gasteiger partial charge in [0.2, 0.25) is 5.91 Å². The molecule has 1 amide bonds. The number of nitrogens with one attached hydrogen (secondary N) is 1. The molecule has 0 aliphatic carbocycles. The first-order valence-corrected chi connectivity index (χ1v) is 7.09. The van der Waals surface area contributed by atoms with Crippen molar-refractivity contribution >= 4 is 17.3 Å². The first kappa shape index (κ1) is 16.4. The van der Waals surface area contributed by atoms with Gasteiger partial charge < -0.3 is 11.1 Å². The Labute approximate surface area is 120 Å². The Morgan fingerprint density at radius 1 is 1.35 bits per heavy atom. The maximum absolute atomic E-state index is 13.0. The summed E-state index contributed by atoms with van der Waals surface area (Å²) in [6.45, 7) is 7.81. The average Bonchev–Trinajstić information content (AvgIpc) is 2.40. The number of amides is 1. The molecule has 0 spiro atoms. The molecule has 4 nitrogen and oxygen atoms in total. The van der Waals surface area contributed by atoms with Crippen molar-refractivity contribution < 1.29 is 9.18 Å². The van der Waals surface area contributed by atoms with Gasteiger partial charge in [-0.15, -0.1) is 0 Å². The van der Waals surface area contributed by atoms with Crippen molar-refractivity contribution in [3.05, 3.63) is 24.0 Å². The summed E-state index contributed by atoms with van der Waals surface area (Å²) in [5, 5.41) is 2.76. The second-order valence-electron chi connectivity index (χ2n) is 4.93. The van der Waals surface area contributed by atoms with Crippen LogP contribution in [0.1, 0.15) is 33.6 Å². The van der Waals surface area contributed by atoms with Crippen LogP contribution in [0.5, 0.6) is 0 Å². The van der Waals surface area contributed by atoms with Gasteiger partial charge in [0.05, 0.1) is 17.4 Å². The van der Waals surface area contributed by atoms with Crippen LogP contribution in [-0.4, -0.2) is 29.9 Å². The summed E-state index contributed by atoms with van der Waals surface area (Å²) in [6.07, 6.45) is 1.99. The largest absolute Gasteiger partial charge is 0.397 e. The zero-order chi connectivity index (χ0) is 15.1. The van der Waals surface area contributed by atoms with Crippen LogP contribution in [0.2, 0.25) is 0 Å². The van der Waals surface area contributed by atoms with Gasteiger partial charge in [-0.3, -0.25) is 9.69 Å². The van der Waals surface area contributed by atoms with Gasteiger partial charge in [0.15, 0.2) is 0 Å². The monoisotopic (exact) mass is 281 g/mol. The minimum Gasteiger partial charge on any atom is -0.397 e. The Morgan fingerprint density at radius 3 is 2.45 bits per heavy atom. The Morgan fingerprint density at radius 2 is 1.95 bits per heavy atom. The predicted molar refractivity (Wildman–Crippen MR) is 81.1 cm³/mol. The third kappa shape index (κ3) is 4.49. The number of benzene rings is 1. The van der Waals surface area contributed by atoms with Gasteiger partial charge in [0.25, 0.3) is 0 Å². The number of anilines is 2. The fourth-order valence-corrected chi connectivity index (χ4v) is 2.12. The minimum absolute atomic E-state index is 0.120. The van der Waals surface area contributed by atoms with Gasteiger partial charge in [-0.2, -0.15) is 0 Å². The van der Waals surface area contributed by atoms with Crippen LogP contribution in [0.4, 0.5) is 15.8 Å². The lowest BCUT2D eigenvalue weighted by molar-refractivity contribution is -0.120. The quantitative estimate of drug-likeness (QED) is 0.756. The molecule has 112 valence electrons. The van der Waals surface area contributed by atoms with Crippen molar-refractivity contribution in [3.63, 3.8) is 0 Å². The standard InChI is InChI=1S/C15H24FN3O/c1-4-8-19(9-5-2)11(3)15(20)18-14-7-6-12(16)10-13(14)17/h6-7,10-11H,4-5,8-9,17H2,1-3H3,(H,18,20). The lowest BCUT2D eigenvalue weighted by atomic mass is 10.2. The van der Waals surface area contributed by atoms with Crippen molar-refractivity contribution in [2.45, 2.75) is 39.7 Å². The summed E-state index contributed by atoms with van der Waals surface area (Å²) in [5.41, 5.74) is 6.39. The van der Waals surface area contributed by atoms with Gasteiger partial charge in [-0.05, 0) is 51.1 Å². The number of nitrogen functional groups attached to an aromatic ring is 1. The van der Waals surface area contributed by atoms with Crippen LogP contribution in [0.15, 0.2) is 18.2 Å². The molecule has 0 aromatic heterocycles. The molecular formula is C15H24FN3O. The molecule has 1 aromatic rings. The van der Waals surface area contributed by atoms with Gasteiger partial charge in [-0.25, -0.2) is 4.39 Å². The highest BCUT2D eigenvalue weighted by Crippen LogP contribution is 2.19. The van der Waals surface area contributed by atoms with Crippen molar-refractivity contribution in [3.8, 4) is 0 Å². The number of carbonyl (C=O) groups is 1. The van der Waals surface area contributed by atoms with Crippen molar-refractivity contribution in [1.82, 2.24) is 4.90 Å². The highest BCUT2D eigenvalue weighted by molar-refractivity contribution is 5.97. The number of hydrogen-bond acceptors (Lipinski definition) is 3. The van der Waals surface area contributed by atoms with E-state index >= 15 is 0 Å². The molecular weight excluding hydrogens is 257 g/mol. The van der Waals surface area contributed by atoms with Crippen LogP contribution < -0.4 is 11.1 Å². The second kappa shape index (κ2) is 7.85. The van der Waals surface area contributed by atoms with Crippen LogP contribution >= 0.6 is 0 Å². The molecule has 1 atom stereocenters. The van der Waals surface area contributed by atoms with Gasteiger partial charge in [0, 0.05) is 0 Å². The minimum atomic E-state index is -0.410. The molecule has 1 rings (SSSR count). The molecule has 0 saturated heterocycles. The molecule has 3 N–H and O–H groups in total. The number of nitrogens with two attached hydrogens (primary N) is 1. The third-order valence-corrected chi connectivity index (χ3v) is 3.22. The molecule has 1 unspecified atom stereocenters. The number of rotatable bonds is 7. The molecule has 0 aliphatic rings. The molecule has 20 heavy (non-hydrogen) atoms. The summed E-state index contributed by atoms with van der Waals surface area (Å²) in [5.74, 6) is -0.530. The van der Waals surface area contributed by atoms with E-state index in [9.17, 15) is 9.18 Å². The smallest absolute Gasteiger partial charge is 0.241 e. The van der Waals surface area contributed by atoms with E-state index in [1.54, 1.807) is 0 Å². The first-order chi connectivity index (χ1) is 9.49. The zero-order valence-electron chi connectivity index (χ0n) is 12.4. The second-order valence-corrected chi connectivity index (χ2v) is 4.93. The van der Waals surface area contributed by atoms with E-state index in [1.165, 1.54) is 18.2 Å². The van der Waals surface area contributed by atoms with E-state index in [1.807, 2.05) is 6.92 Å². The number of nitrogens with zero attached hydrogens (tertiary/aromatic N) is 1. The zero-order valence-corrected chi connectivity index (χ0v) is 12.4. The number of hydrogen-bond donors (Lipinski definition) is 2. The molecule has 5 heteroatoms. The molecule has 0 radical (unpaired) electrons.